The smallest absolute Gasteiger partial charge is 0.294 e. The van der Waals surface area contributed by atoms with Gasteiger partial charge in [0.1, 0.15) is 12.4 Å². The summed E-state index contributed by atoms with van der Waals surface area (Å²) in [4.78, 5) is 41.0. The maximum atomic E-state index is 15.2. The molecule has 2 aliphatic heterocycles. The van der Waals surface area contributed by atoms with Gasteiger partial charge >= 0.3 is 0 Å². The summed E-state index contributed by atoms with van der Waals surface area (Å²) in [6.45, 7) is 8.83. The minimum atomic E-state index is -0.604. The van der Waals surface area contributed by atoms with E-state index in [0.29, 0.717) is 17.4 Å². The quantitative estimate of drug-likeness (QED) is 0.430. The highest BCUT2D eigenvalue weighted by Crippen LogP contribution is 2.44. The lowest BCUT2D eigenvalue weighted by molar-refractivity contribution is -0.127. The average Bonchev–Trinajstić information content (AvgIpc) is 3.03. The minimum Gasteiger partial charge on any atom is -0.366 e. The molecule has 1 N–H and O–H groups in total. The monoisotopic (exact) mass is 559 g/mol. The highest BCUT2D eigenvalue weighted by molar-refractivity contribution is 9.10. The van der Waals surface area contributed by atoms with E-state index in [1.165, 1.54) is 12.1 Å². The normalized spacial score (nSPS) is 20.4. The number of carbonyl (C=O) groups is 3. The molecule has 0 saturated carbocycles. The lowest BCUT2D eigenvalue weighted by Gasteiger charge is -2.47. The summed E-state index contributed by atoms with van der Waals surface area (Å²) in [6.07, 6.45) is 2.33. The molecule has 0 radical (unpaired) electrons. The largest absolute Gasteiger partial charge is 0.366 e. The zero-order chi connectivity index (χ0) is 25.5. The molecule has 4 rings (SSSR count). The Bertz CT molecular complexity index is 1230. The van der Waals surface area contributed by atoms with Crippen LogP contribution >= 0.6 is 27.7 Å². The molecule has 1 saturated heterocycles. The van der Waals surface area contributed by atoms with Gasteiger partial charge in [-0.05, 0) is 92.9 Å². The van der Waals surface area contributed by atoms with Gasteiger partial charge in [-0.2, -0.15) is 0 Å². The Kier molecular flexibility index (Phi) is 7.11. The van der Waals surface area contributed by atoms with Crippen molar-refractivity contribution in [3.8, 4) is 0 Å². The van der Waals surface area contributed by atoms with Crippen molar-refractivity contribution in [1.82, 2.24) is 4.90 Å². The van der Waals surface area contributed by atoms with Crippen molar-refractivity contribution >= 4 is 62.2 Å². The predicted molar refractivity (Wildman–Crippen MR) is 142 cm³/mol. The molecule has 2 aliphatic rings. The van der Waals surface area contributed by atoms with Gasteiger partial charge in [-0.1, -0.05) is 22.9 Å². The van der Waals surface area contributed by atoms with Crippen molar-refractivity contribution in [3.63, 3.8) is 0 Å². The van der Waals surface area contributed by atoms with E-state index in [9.17, 15) is 14.4 Å². The van der Waals surface area contributed by atoms with Gasteiger partial charge in [-0.25, -0.2) is 4.39 Å². The Balaban J connectivity index is 1.55. The predicted octanol–water partition coefficient (Wildman–Crippen LogP) is 6.38. The van der Waals surface area contributed by atoms with E-state index in [4.69, 9.17) is 0 Å². The van der Waals surface area contributed by atoms with Crippen LogP contribution in [0.4, 0.5) is 20.6 Å². The Morgan fingerprint density at radius 2 is 1.94 bits per heavy atom. The summed E-state index contributed by atoms with van der Waals surface area (Å²) in [5, 5.41) is 2.11. The van der Waals surface area contributed by atoms with E-state index in [0.717, 1.165) is 33.6 Å². The summed E-state index contributed by atoms with van der Waals surface area (Å²) in [7, 11) is 0. The van der Waals surface area contributed by atoms with Crippen molar-refractivity contribution in [2.75, 3.05) is 23.3 Å². The summed E-state index contributed by atoms with van der Waals surface area (Å²) >= 11 is 4.04. The van der Waals surface area contributed by atoms with Crippen molar-refractivity contribution < 1.29 is 18.8 Å². The minimum absolute atomic E-state index is 0.0887. The van der Waals surface area contributed by atoms with E-state index in [1.54, 1.807) is 30.3 Å². The summed E-state index contributed by atoms with van der Waals surface area (Å²) in [5.74, 6) is -1.33. The first-order chi connectivity index (χ1) is 16.5. The summed E-state index contributed by atoms with van der Waals surface area (Å²) in [5.41, 5.74) is 2.61. The van der Waals surface area contributed by atoms with E-state index < -0.39 is 29.4 Å². The molecule has 1 fully saturated rings. The van der Waals surface area contributed by atoms with E-state index in [-0.39, 0.29) is 21.9 Å². The zero-order valence-electron chi connectivity index (χ0n) is 20.0. The van der Waals surface area contributed by atoms with Crippen molar-refractivity contribution in [2.45, 2.75) is 45.6 Å². The summed E-state index contributed by atoms with van der Waals surface area (Å²) in [6, 6.07) is 10.3. The lowest BCUT2D eigenvalue weighted by Crippen LogP contribution is -2.48. The third-order valence-electron chi connectivity index (χ3n) is 6.41. The molecular formula is C26H27BrFN3O3S. The number of benzene rings is 2. The second-order valence-corrected chi connectivity index (χ2v) is 11.3. The fourth-order valence-electron chi connectivity index (χ4n) is 4.88. The molecule has 2 aromatic rings. The van der Waals surface area contributed by atoms with Crippen molar-refractivity contribution in [1.29, 1.82) is 0 Å². The van der Waals surface area contributed by atoms with Crippen LogP contribution in [-0.4, -0.2) is 40.6 Å². The molecule has 2 heterocycles. The highest BCUT2D eigenvalue weighted by Gasteiger charge is 2.38. The molecule has 6 nitrogen and oxygen atoms in total. The Morgan fingerprint density at radius 3 is 2.60 bits per heavy atom. The van der Waals surface area contributed by atoms with Crippen LogP contribution in [0.5, 0.6) is 0 Å². The van der Waals surface area contributed by atoms with Crippen LogP contribution in [0, 0.1) is 5.82 Å². The van der Waals surface area contributed by atoms with Crippen LogP contribution in [0.25, 0.3) is 6.08 Å². The van der Waals surface area contributed by atoms with E-state index in [2.05, 4.69) is 53.8 Å². The average molecular weight is 560 g/mol. The number of carbonyl (C=O) groups excluding carboxylic acids is 3. The number of rotatable bonds is 5. The molecule has 2 aromatic carbocycles. The third kappa shape index (κ3) is 5.16. The summed E-state index contributed by atoms with van der Waals surface area (Å²) < 4.78 is 16.0. The Labute approximate surface area is 217 Å². The standard InChI is InChI=1S/C26H27BrFN3O3S/c1-5-31-21-12-20(28)16(10-19(21)15(2)13-26(31,3)4)11-22-24(33)30(25(34)35-22)14-23(32)29-18-8-6-17(27)7-9-18/h6-12,15H,5,13-14H2,1-4H3,(H,29,32)/b22-11+. The van der Waals surface area contributed by atoms with Gasteiger partial charge in [0.05, 0.1) is 4.91 Å². The number of nitrogens with zero attached hydrogens (tertiary/aromatic N) is 2. The number of nitrogens with one attached hydrogen (secondary N) is 1. The van der Waals surface area contributed by atoms with Crippen LogP contribution in [0.3, 0.4) is 0 Å². The Hall–Kier alpha value is -2.65. The van der Waals surface area contributed by atoms with Crippen molar-refractivity contribution in [3.05, 3.63) is 62.7 Å². The number of hydrogen-bond donors (Lipinski definition) is 1. The van der Waals surface area contributed by atoms with Gasteiger partial charge in [0, 0.05) is 33.5 Å². The number of anilines is 2. The molecular weight excluding hydrogens is 533 g/mol. The van der Waals surface area contributed by atoms with Crippen LogP contribution in [-0.2, 0) is 9.59 Å². The zero-order valence-corrected chi connectivity index (χ0v) is 22.4. The van der Waals surface area contributed by atoms with Gasteiger partial charge < -0.3 is 10.2 Å². The second-order valence-electron chi connectivity index (χ2n) is 9.42. The molecule has 0 spiro atoms. The van der Waals surface area contributed by atoms with Crippen LogP contribution in [0.1, 0.15) is 51.2 Å². The number of imide groups is 1. The maximum Gasteiger partial charge on any atom is 0.294 e. The van der Waals surface area contributed by atoms with Gasteiger partial charge in [0.2, 0.25) is 5.91 Å². The fourth-order valence-corrected chi connectivity index (χ4v) is 5.98. The first-order valence-electron chi connectivity index (χ1n) is 11.4. The lowest BCUT2D eigenvalue weighted by atomic mass is 9.79. The second kappa shape index (κ2) is 9.78. The number of amides is 3. The molecule has 0 aromatic heterocycles. The number of fused-ring (bicyclic) bond motifs is 1. The van der Waals surface area contributed by atoms with Gasteiger partial charge in [-0.15, -0.1) is 0 Å². The first kappa shape index (κ1) is 25.4. The van der Waals surface area contributed by atoms with E-state index in [1.807, 2.05) is 0 Å². The number of thioether (sulfide) groups is 1. The van der Waals surface area contributed by atoms with Gasteiger partial charge in [0.25, 0.3) is 11.1 Å². The Morgan fingerprint density at radius 1 is 1.26 bits per heavy atom. The topological polar surface area (TPSA) is 69.7 Å². The van der Waals surface area contributed by atoms with E-state index >= 15 is 4.39 Å². The third-order valence-corrected chi connectivity index (χ3v) is 7.85. The van der Waals surface area contributed by atoms with Crippen LogP contribution in [0.2, 0.25) is 0 Å². The maximum absolute atomic E-state index is 15.2. The molecule has 9 heteroatoms. The van der Waals surface area contributed by atoms with Gasteiger partial charge in [0.15, 0.2) is 0 Å². The number of halogens is 2. The van der Waals surface area contributed by atoms with Gasteiger partial charge in [-0.3, -0.25) is 19.3 Å². The number of hydrogen-bond acceptors (Lipinski definition) is 5. The van der Waals surface area contributed by atoms with Crippen LogP contribution in [0.15, 0.2) is 45.8 Å². The van der Waals surface area contributed by atoms with Crippen molar-refractivity contribution in [2.24, 2.45) is 0 Å². The molecule has 0 aliphatic carbocycles. The SMILES string of the molecule is CCN1c2cc(F)c(/C=C3/SC(=O)N(CC(=O)Nc4ccc(Br)cc4)C3=O)cc2C(C)CC1(C)C. The molecule has 35 heavy (non-hydrogen) atoms. The molecule has 1 unspecified atom stereocenters. The molecule has 1 atom stereocenters. The fraction of sp³-hybridized carbons (Fsp3) is 0.346. The highest BCUT2D eigenvalue weighted by atomic mass is 79.9. The molecule has 3 amide bonds. The van der Waals surface area contributed by atoms with Crippen LogP contribution < -0.4 is 10.2 Å². The molecule has 0 bridgehead atoms. The first-order valence-corrected chi connectivity index (χ1v) is 13.0. The molecule has 184 valence electrons.